The van der Waals surface area contributed by atoms with Gasteiger partial charge < -0.3 is 11.1 Å². The van der Waals surface area contributed by atoms with Gasteiger partial charge in [0.2, 0.25) is 0 Å². The van der Waals surface area contributed by atoms with E-state index in [4.69, 9.17) is 18.0 Å². The van der Waals surface area contributed by atoms with Crippen molar-refractivity contribution in [1.82, 2.24) is 0 Å². The molecule has 0 radical (unpaired) electrons. The minimum absolute atomic E-state index is 0.221. The maximum atomic E-state index is 13.5. The highest BCUT2D eigenvalue weighted by molar-refractivity contribution is 7.80. The minimum atomic E-state index is -0.221. The van der Waals surface area contributed by atoms with Crippen LogP contribution in [-0.4, -0.2) is 4.99 Å². The van der Waals surface area contributed by atoms with E-state index in [0.29, 0.717) is 10.6 Å². The molecule has 98 valence electrons. The fourth-order valence-corrected chi connectivity index (χ4v) is 2.15. The third kappa shape index (κ3) is 2.90. The Kier molecular flexibility index (Phi) is 3.81. The van der Waals surface area contributed by atoms with E-state index >= 15 is 0 Å². The van der Waals surface area contributed by atoms with Crippen molar-refractivity contribution in [3.05, 3.63) is 58.9 Å². The molecule has 0 fully saturated rings. The predicted octanol–water partition coefficient (Wildman–Crippen LogP) is 3.82. The number of aryl methyl sites for hydroxylation is 1. The standard InChI is InChI=1S/C15H15FN2S/c1-9-8-11(6-7-12(9)15(17)19)18-14-5-3-4-13(16)10(14)2/h3-8,18H,1-2H3,(H2,17,19). The molecule has 0 heterocycles. The molecule has 3 N–H and O–H groups in total. The molecule has 0 aromatic heterocycles. The van der Waals surface area contributed by atoms with Crippen LogP contribution in [0.4, 0.5) is 15.8 Å². The van der Waals surface area contributed by atoms with Gasteiger partial charge in [-0.05, 0) is 49.7 Å². The Labute approximate surface area is 117 Å². The normalized spacial score (nSPS) is 10.3. The third-order valence-corrected chi connectivity index (χ3v) is 3.26. The minimum Gasteiger partial charge on any atom is -0.389 e. The number of thiocarbonyl (C=S) groups is 1. The van der Waals surface area contributed by atoms with Crippen LogP contribution in [0.25, 0.3) is 0 Å². The van der Waals surface area contributed by atoms with Crippen molar-refractivity contribution in [3.8, 4) is 0 Å². The highest BCUT2D eigenvalue weighted by Crippen LogP contribution is 2.24. The van der Waals surface area contributed by atoms with E-state index in [0.717, 1.165) is 22.5 Å². The van der Waals surface area contributed by atoms with Crippen LogP contribution in [0.1, 0.15) is 16.7 Å². The van der Waals surface area contributed by atoms with Crippen LogP contribution in [0.5, 0.6) is 0 Å². The zero-order chi connectivity index (χ0) is 14.0. The van der Waals surface area contributed by atoms with E-state index in [-0.39, 0.29) is 5.82 Å². The Bertz CT molecular complexity index is 638. The fourth-order valence-electron chi connectivity index (χ4n) is 1.92. The molecule has 2 aromatic rings. The van der Waals surface area contributed by atoms with Gasteiger partial charge in [0, 0.05) is 22.5 Å². The number of nitrogens with two attached hydrogens (primary N) is 1. The van der Waals surface area contributed by atoms with Crippen molar-refractivity contribution in [1.29, 1.82) is 0 Å². The van der Waals surface area contributed by atoms with Gasteiger partial charge in [0.05, 0.1) is 0 Å². The number of hydrogen-bond donors (Lipinski definition) is 2. The maximum Gasteiger partial charge on any atom is 0.128 e. The Morgan fingerprint density at radius 2 is 1.95 bits per heavy atom. The van der Waals surface area contributed by atoms with E-state index in [2.05, 4.69) is 5.32 Å². The summed E-state index contributed by atoms with van der Waals surface area (Å²) in [6, 6.07) is 10.7. The highest BCUT2D eigenvalue weighted by Gasteiger charge is 2.06. The third-order valence-electron chi connectivity index (χ3n) is 3.04. The molecule has 0 atom stereocenters. The lowest BCUT2D eigenvalue weighted by molar-refractivity contribution is 0.619. The lowest BCUT2D eigenvalue weighted by Crippen LogP contribution is -2.11. The summed E-state index contributed by atoms with van der Waals surface area (Å²) in [4.78, 5) is 0.381. The van der Waals surface area contributed by atoms with Crippen molar-refractivity contribution >= 4 is 28.6 Å². The van der Waals surface area contributed by atoms with Crippen LogP contribution in [0.3, 0.4) is 0 Å². The van der Waals surface area contributed by atoms with Gasteiger partial charge in [0.1, 0.15) is 10.8 Å². The summed E-state index contributed by atoms with van der Waals surface area (Å²) in [5.74, 6) is -0.221. The molecule has 0 saturated heterocycles. The molecule has 0 saturated carbocycles. The molecular formula is C15H15FN2S. The molecule has 0 bridgehead atoms. The molecular weight excluding hydrogens is 259 g/mol. The molecule has 0 spiro atoms. The number of rotatable bonds is 3. The zero-order valence-electron chi connectivity index (χ0n) is 10.8. The molecule has 0 aliphatic carbocycles. The largest absolute Gasteiger partial charge is 0.389 e. The van der Waals surface area contributed by atoms with Gasteiger partial charge in [-0.2, -0.15) is 0 Å². The Balaban J connectivity index is 2.32. The van der Waals surface area contributed by atoms with Crippen LogP contribution in [-0.2, 0) is 0 Å². The average molecular weight is 274 g/mol. The molecule has 2 aromatic carbocycles. The molecule has 0 aliphatic heterocycles. The molecule has 2 nitrogen and oxygen atoms in total. The Hall–Kier alpha value is -1.94. The average Bonchev–Trinajstić information content (AvgIpc) is 2.34. The Morgan fingerprint density at radius 3 is 2.58 bits per heavy atom. The van der Waals surface area contributed by atoms with E-state index in [1.165, 1.54) is 6.07 Å². The first-order valence-corrected chi connectivity index (χ1v) is 6.32. The smallest absolute Gasteiger partial charge is 0.128 e. The topological polar surface area (TPSA) is 38.0 Å². The second-order valence-electron chi connectivity index (χ2n) is 4.43. The van der Waals surface area contributed by atoms with E-state index in [1.54, 1.807) is 13.0 Å². The number of anilines is 2. The number of hydrogen-bond acceptors (Lipinski definition) is 2. The summed E-state index contributed by atoms with van der Waals surface area (Å²) in [6.45, 7) is 3.69. The van der Waals surface area contributed by atoms with Gasteiger partial charge in [0.25, 0.3) is 0 Å². The lowest BCUT2D eigenvalue weighted by atomic mass is 10.1. The van der Waals surface area contributed by atoms with E-state index in [1.807, 2.05) is 31.2 Å². The summed E-state index contributed by atoms with van der Waals surface area (Å²) >= 11 is 4.97. The fraction of sp³-hybridized carbons (Fsp3) is 0.133. The molecule has 2 rings (SSSR count). The number of halogens is 1. The monoisotopic (exact) mass is 274 g/mol. The van der Waals surface area contributed by atoms with Gasteiger partial charge in [0.15, 0.2) is 0 Å². The SMILES string of the molecule is Cc1cc(Nc2cccc(F)c2C)ccc1C(N)=S. The molecule has 4 heteroatoms. The lowest BCUT2D eigenvalue weighted by Gasteiger charge is -2.12. The van der Waals surface area contributed by atoms with Gasteiger partial charge in [-0.15, -0.1) is 0 Å². The molecule has 0 amide bonds. The summed E-state index contributed by atoms with van der Waals surface area (Å²) in [7, 11) is 0. The quantitative estimate of drug-likeness (QED) is 0.836. The van der Waals surface area contributed by atoms with Crippen molar-refractivity contribution in [3.63, 3.8) is 0 Å². The van der Waals surface area contributed by atoms with Crippen molar-refractivity contribution < 1.29 is 4.39 Å². The second kappa shape index (κ2) is 5.36. The van der Waals surface area contributed by atoms with Crippen LogP contribution in [0, 0.1) is 19.7 Å². The maximum absolute atomic E-state index is 13.5. The van der Waals surface area contributed by atoms with E-state index < -0.39 is 0 Å². The van der Waals surface area contributed by atoms with Crippen LogP contribution in [0.15, 0.2) is 36.4 Å². The molecule has 0 aliphatic rings. The molecule has 19 heavy (non-hydrogen) atoms. The number of nitrogens with one attached hydrogen (secondary N) is 1. The van der Waals surface area contributed by atoms with Crippen LogP contribution < -0.4 is 11.1 Å². The van der Waals surface area contributed by atoms with Crippen molar-refractivity contribution in [2.75, 3.05) is 5.32 Å². The Morgan fingerprint density at radius 1 is 1.21 bits per heavy atom. The summed E-state index contributed by atoms with van der Waals surface area (Å²) in [6.07, 6.45) is 0. The van der Waals surface area contributed by atoms with Gasteiger partial charge in [-0.25, -0.2) is 4.39 Å². The highest BCUT2D eigenvalue weighted by atomic mass is 32.1. The number of benzene rings is 2. The van der Waals surface area contributed by atoms with Gasteiger partial charge in [-0.3, -0.25) is 0 Å². The summed E-state index contributed by atoms with van der Waals surface area (Å²) in [5.41, 5.74) is 9.70. The second-order valence-corrected chi connectivity index (χ2v) is 4.87. The van der Waals surface area contributed by atoms with Crippen LogP contribution >= 0.6 is 12.2 Å². The van der Waals surface area contributed by atoms with Gasteiger partial charge in [-0.1, -0.05) is 18.3 Å². The zero-order valence-corrected chi connectivity index (χ0v) is 11.6. The molecule has 0 unspecified atom stereocenters. The van der Waals surface area contributed by atoms with Gasteiger partial charge >= 0.3 is 0 Å². The summed E-state index contributed by atoms with van der Waals surface area (Å²) in [5, 5.41) is 3.20. The predicted molar refractivity (Wildman–Crippen MR) is 81.5 cm³/mol. The van der Waals surface area contributed by atoms with Crippen molar-refractivity contribution in [2.45, 2.75) is 13.8 Å². The van der Waals surface area contributed by atoms with Crippen molar-refractivity contribution in [2.24, 2.45) is 5.73 Å². The van der Waals surface area contributed by atoms with Crippen LogP contribution in [0.2, 0.25) is 0 Å². The summed E-state index contributed by atoms with van der Waals surface area (Å²) < 4.78 is 13.5. The first-order valence-electron chi connectivity index (χ1n) is 5.91. The first-order chi connectivity index (χ1) is 8.99. The van der Waals surface area contributed by atoms with E-state index in [9.17, 15) is 4.39 Å². The first kappa shape index (κ1) is 13.5.